The molecule has 3 rings (SSSR count). The summed E-state index contributed by atoms with van der Waals surface area (Å²) < 4.78 is 33.0. The fourth-order valence-corrected chi connectivity index (χ4v) is 5.32. The highest BCUT2D eigenvalue weighted by molar-refractivity contribution is 7.89. The molecule has 28 heavy (non-hydrogen) atoms. The highest BCUT2D eigenvalue weighted by Gasteiger charge is 2.34. The molecule has 0 bridgehead atoms. The number of carbonyl (C=O) groups is 1. The third-order valence-electron chi connectivity index (χ3n) is 5.08. The van der Waals surface area contributed by atoms with Gasteiger partial charge in [-0.1, -0.05) is 24.3 Å². The molecule has 6 nitrogen and oxygen atoms in total. The third-order valence-corrected chi connectivity index (χ3v) is 7.09. The van der Waals surface area contributed by atoms with Gasteiger partial charge in [-0.15, -0.1) is 0 Å². The van der Waals surface area contributed by atoms with Gasteiger partial charge in [-0.05, 0) is 56.0 Å². The van der Waals surface area contributed by atoms with Gasteiger partial charge in [0.2, 0.25) is 15.9 Å². The Kier molecular flexibility index (Phi) is 6.05. The largest absolute Gasteiger partial charge is 0.495 e. The standard InChI is InChI=1S/C21H26N2O4S/c1-15-10-11-16(2)20(13-15)28(25,26)23-12-6-7-17(14-23)21(24)22-18-8-4-5-9-19(18)27-3/h4-5,8-11,13,17H,6-7,12,14H2,1-3H3,(H,22,24)/t17-/m1/s1. The van der Waals surface area contributed by atoms with Crippen LogP contribution in [0.5, 0.6) is 5.75 Å². The quantitative estimate of drug-likeness (QED) is 0.832. The molecule has 0 aliphatic carbocycles. The van der Waals surface area contributed by atoms with Crippen LogP contribution in [-0.4, -0.2) is 38.8 Å². The average Bonchev–Trinajstić information content (AvgIpc) is 2.70. The first kappa shape index (κ1) is 20.4. The van der Waals surface area contributed by atoms with Crippen LogP contribution in [-0.2, 0) is 14.8 Å². The Balaban J connectivity index is 1.78. The molecule has 0 spiro atoms. The van der Waals surface area contributed by atoms with Crippen LogP contribution >= 0.6 is 0 Å². The summed E-state index contributed by atoms with van der Waals surface area (Å²) in [6.45, 7) is 4.27. The molecular weight excluding hydrogens is 376 g/mol. The molecule has 0 unspecified atom stereocenters. The Morgan fingerprint density at radius 1 is 1.18 bits per heavy atom. The molecule has 0 saturated carbocycles. The molecule has 1 amide bonds. The molecule has 1 saturated heterocycles. The number of hydrogen-bond donors (Lipinski definition) is 1. The van der Waals surface area contributed by atoms with Gasteiger partial charge in [-0.3, -0.25) is 4.79 Å². The van der Waals surface area contributed by atoms with E-state index in [1.54, 1.807) is 32.2 Å². The van der Waals surface area contributed by atoms with Crippen molar-refractivity contribution in [3.05, 3.63) is 53.6 Å². The number of nitrogens with zero attached hydrogens (tertiary/aromatic N) is 1. The fraction of sp³-hybridized carbons (Fsp3) is 0.381. The lowest BCUT2D eigenvalue weighted by atomic mass is 9.98. The Morgan fingerprint density at radius 3 is 2.68 bits per heavy atom. The van der Waals surface area contributed by atoms with Crippen LogP contribution < -0.4 is 10.1 Å². The Bertz CT molecular complexity index is 972. The Labute approximate surface area is 166 Å². The molecule has 150 valence electrons. The number of nitrogens with one attached hydrogen (secondary N) is 1. The number of para-hydroxylation sites is 2. The van der Waals surface area contributed by atoms with E-state index in [0.717, 1.165) is 5.56 Å². The van der Waals surface area contributed by atoms with Crippen molar-refractivity contribution in [1.82, 2.24) is 4.31 Å². The topological polar surface area (TPSA) is 75.7 Å². The van der Waals surface area contributed by atoms with Crippen molar-refractivity contribution in [2.24, 2.45) is 5.92 Å². The lowest BCUT2D eigenvalue weighted by Crippen LogP contribution is -2.43. The van der Waals surface area contributed by atoms with Gasteiger partial charge in [0.25, 0.3) is 0 Å². The van der Waals surface area contributed by atoms with Crippen molar-refractivity contribution in [1.29, 1.82) is 0 Å². The molecule has 0 radical (unpaired) electrons. The first-order valence-corrected chi connectivity index (χ1v) is 10.8. The first-order valence-electron chi connectivity index (χ1n) is 9.34. The van der Waals surface area contributed by atoms with Gasteiger partial charge in [0.05, 0.1) is 23.6 Å². The number of carbonyl (C=O) groups excluding carboxylic acids is 1. The number of piperidine rings is 1. The number of hydrogen-bond acceptors (Lipinski definition) is 4. The average molecular weight is 403 g/mol. The second kappa shape index (κ2) is 8.32. The summed E-state index contributed by atoms with van der Waals surface area (Å²) in [6.07, 6.45) is 1.30. The predicted molar refractivity (Wildman–Crippen MR) is 109 cm³/mol. The van der Waals surface area contributed by atoms with Gasteiger partial charge >= 0.3 is 0 Å². The van der Waals surface area contributed by atoms with Crippen LogP contribution in [0.1, 0.15) is 24.0 Å². The third kappa shape index (κ3) is 4.20. The van der Waals surface area contributed by atoms with Gasteiger partial charge in [0, 0.05) is 13.1 Å². The Morgan fingerprint density at radius 2 is 1.93 bits per heavy atom. The molecule has 0 aromatic heterocycles. The summed E-state index contributed by atoms with van der Waals surface area (Å²) in [4.78, 5) is 13.1. The van der Waals surface area contributed by atoms with Gasteiger partial charge in [-0.2, -0.15) is 4.31 Å². The summed E-state index contributed by atoms with van der Waals surface area (Å²) in [7, 11) is -2.09. The Hall–Kier alpha value is -2.38. The maximum atomic E-state index is 13.2. The van der Waals surface area contributed by atoms with E-state index in [9.17, 15) is 13.2 Å². The summed E-state index contributed by atoms with van der Waals surface area (Å²) >= 11 is 0. The van der Waals surface area contributed by atoms with Crippen LogP contribution in [0.3, 0.4) is 0 Å². The number of sulfonamides is 1. The van der Waals surface area contributed by atoms with Gasteiger partial charge in [0.1, 0.15) is 5.75 Å². The van der Waals surface area contributed by atoms with Crippen molar-refractivity contribution < 1.29 is 17.9 Å². The zero-order chi connectivity index (χ0) is 20.3. The number of benzene rings is 2. The molecule has 1 fully saturated rings. The molecule has 1 N–H and O–H groups in total. The summed E-state index contributed by atoms with van der Waals surface area (Å²) in [5.74, 6) is -0.0181. The first-order chi connectivity index (χ1) is 13.3. The van der Waals surface area contributed by atoms with Crippen molar-refractivity contribution in [2.45, 2.75) is 31.6 Å². The summed E-state index contributed by atoms with van der Waals surface area (Å²) in [5.41, 5.74) is 2.20. The summed E-state index contributed by atoms with van der Waals surface area (Å²) in [5, 5.41) is 2.88. The number of rotatable bonds is 5. The van der Waals surface area contributed by atoms with E-state index in [1.165, 1.54) is 4.31 Å². The van der Waals surface area contributed by atoms with Crippen LogP contribution in [0.25, 0.3) is 0 Å². The zero-order valence-electron chi connectivity index (χ0n) is 16.4. The molecule has 2 aromatic carbocycles. The zero-order valence-corrected chi connectivity index (χ0v) is 17.3. The molecule has 7 heteroatoms. The second-order valence-electron chi connectivity index (χ2n) is 7.16. The van der Waals surface area contributed by atoms with Crippen molar-refractivity contribution in [3.8, 4) is 5.75 Å². The van der Waals surface area contributed by atoms with Crippen LogP contribution in [0, 0.1) is 19.8 Å². The van der Waals surface area contributed by atoms with Crippen LogP contribution in [0.15, 0.2) is 47.4 Å². The maximum absolute atomic E-state index is 13.2. The molecule has 1 heterocycles. The maximum Gasteiger partial charge on any atom is 0.243 e. The van der Waals surface area contributed by atoms with E-state index >= 15 is 0 Å². The molecule has 1 atom stereocenters. The highest BCUT2D eigenvalue weighted by Crippen LogP contribution is 2.28. The molecular formula is C21H26N2O4S. The smallest absolute Gasteiger partial charge is 0.243 e. The van der Waals surface area contributed by atoms with Gasteiger partial charge < -0.3 is 10.1 Å². The van der Waals surface area contributed by atoms with Crippen molar-refractivity contribution in [2.75, 3.05) is 25.5 Å². The summed E-state index contributed by atoms with van der Waals surface area (Å²) in [6, 6.07) is 12.6. The van der Waals surface area contributed by atoms with E-state index in [2.05, 4.69) is 5.32 Å². The predicted octanol–water partition coefficient (Wildman–Crippen LogP) is 3.35. The van der Waals surface area contributed by atoms with Crippen LogP contribution in [0.2, 0.25) is 0 Å². The van der Waals surface area contributed by atoms with E-state index < -0.39 is 15.9 Å². The van der Waals surface area contributed by atoms with E-state index in [0.29, 0.717) is 41.3 Å². The number of amides is 1. The molecule has 1 aliphatic heterocycles. The van der Waals surface area contributed by atoms with Crippen molar-refractivity contribution >= 4 is 21.6 Å². The minimum atomic E-state index is -3.64. The van der Waals surface area contributed by atoms with Gasteiger partial charge in [-0.25, -0.2) is 8.42 Å². The lowest BCUT2D eigenvalue weighted by Gasteiger charge is -2.31. The lowest BCUT2D eigenvalue weighted by molar-refractivity contribution is -0.120. The van der Waals surface area contributed by atoms with Gasteiger partial charge in [0.15, 0.2) is 0 Å². The number of aryl methyl sites for hydroxylation is 2. The number of ether oxygens (including phenoxy) is 1. The number of methoxy groups -OCH3 is 1. The van der Waals surface area contributed by atoms with E-state index in [-0.39, 0.29) is 12.5 Å². The highest BCUT2D eigenvalue weighted by atomic mass is 32.2. The molecule has 2 aromatic rings. The molecule has 1 aliphatic rings. The minimum Gasteiger partial charge on any atom is -0.495 e. The minimum absolute atomic E-state index is 0.177. The van der Waals surface area contributed by atoms with E-state index in [4.69, 9.17) is 4.74 Å². The number of anilines is 1. The van der Waals surface area contributed by atoms with Crippen LogP contribution in [0.4, 0.5) is 5.69 Å². The SMILES string of the molecule is COc1ccccc1NC(=O)[C@@H]1CCCN(S(=O)(=O)c2cc(C)ccc2C)C1. The van der Waals surface area contributed by atoms with E-state index in [1.807, 2.05) is 31.2 Å². The van der Waals surface area contributed by atoms with Crippen molar-refractivity contribution in [3.63, 3.8) is 0 Å². The second-order valence-corrected chi connectivity index (χ2v) is 9.07. The normalized spacial score (nSPS) is 17.9. The fourth-order valence-electron chi connectivity index (χ4n) is 3.48. The monoisotopic (exact) mass is 402 g/mol.